The van der Waals surface area contributed by atoms with E-state index in [-0.39, 0.29) is 5.91 Å². The van der Waals surface area contributed by atoms with Gasteiger partial charge in [-0.1, -0.05) is 48.0 Å². The third-order valence-corrected chi connectivity index (χ3v) is 3.51. The first-order valence-corrected chi connectivity index (χ1v) is 7.16. The van der Waals surface area contributed by atoms with Crippen molar-refractivity contribution in [2.24, 2.45) is 0 Å². The van der Waals surface area contributed by atoms with E-state index in [1.165, 1.54) is 0 Å². The average Bonchev–Trinajstić information content (AvgIpc) is 2.46. The number of benzene rings is 2. The van der Waals surface area contributed by atoms with E-state index in [0.717, 1.165) is 11.1 Å². The Morgan fingerprint density at radius 2 is 1.60 bits per heavy atom. The van der Waals surface area contributed by atoms with Crippen molar-refractivity contribution in [1.82, 2.24) is 5.32 Å². The van der Waals surface area contributed by atoms with Gasteiger partial charge in [0.2, 0.25) is 0 Å². The molecule has 2 rings (SSSR count). The molecular weight excluding hydrogens is 293 g/mol. The van der Waals surface area contributed by atoms with Crippen LogP contribution in [0.1, 0.15) is 27.5 Å². The van der Waals surface area contributed by atoms with Crippen molar-refractivity contribution in [3.05, 3.63) is 71.3 Å². The van der Waals surface area contributed by atoms with Crippen LogP contribution in [-0.4, -0.2) is 10.7 Å². The Morgan fingerprint density at radius 1 is 1.00 bits per heavy atom. The van der Waals surface area contributed by atoms with Gasteiger partial charge in [-0.2, -0.15) is 0 Å². The molecule has 2 nitrogen and oxygen atoms in total. The molecule has 2 aromatic carbocycles. The predicted octanol–water partition coefficient (Wildman–Crippen LogP) is 4.27. The largest absolute Gasteiger partial charge is 0.342 e. The van der Waals surface area contributed by atoms with Crippen molar-refractivity contribution in [2.45, 2.75) is 17.8 Å². The molecule has 0 aromatic heterocycles. The van der Waals surface area contributed by atoms with Gasteiger partial charge in [0, 0.05) is 5.56 Å². The molecule has 1 N–H and O–H groups in total. The lowest BCUT2D eigenvalue weighted by atomic mass is 10.1. The molecular formula is C16H15Cl2NO. The monoisotopic (exact) mass is 307 g/mol. The number of rotatable bonds is 4. The highest BCUT2D eigenvalue weighted by atomic mass is 35.5. The Morgan fingerprint density at radius 3 is 2.15 bits per heavy atom. The molecule has 1 unspecified atom stereocenters. The van der Waals surface area contributed by atoms with Gasteiger partial charge in [-0.05, 0) is 24.6 Å². The maximum atomic E-state index is 12.2. The van der Waals surface area contributed by atoms with Crippen LogP contribution in [0.2, 0.25) is 0 Å². The van der Waals surface area contributed by atoms with Crippen LogP contribution >= 0.6 is 23.2 Å². The summed E-state index contributed by atoms with van der Waals surface area (Å²) in [6.45, 7) is 1.97. The molecule has 1 atom stereocenters. The number of alkyl halides is 2. The molecule has 20 heavy (non-hydrogen) atoms. The van der Waals surface area contributed by atoms with E-state index in [1.807, 2.05) is 49.4 Å². The van der Waals surface area contributed by atoms with Crippen molar-refractivity contribution < 1.29 is 4.79 Å². The lowest BCUT2D eigenvalue weighted by Crippen LogP contribution is -2.32. The van der Waals surface area contributed by atoms with Crippen LogP contribution in [0, 0.1) is 6.92 Å². The maximum absolute atomic E-state index is 12.2. The fourth-order valence-corrected chi connectivity index (χ4v) is 2.30. The highest BCUT2D eigenvalue weighted by Crippen LogP contribution is 2.24. The van der Waals surface area contributed by atoms with Crippen LogP contribution in [0.15, 0.2) is 54.6 Å². The SMILES string of the molecule is Cc1ccc(C(=O)NC(c2ccccc2)C(Cl)Cl)cc1. The third-order valence-electron chi connectivity index (χ3n) is 3.01. The molecule has 0 spiro atoms. The van der Waals surface area contributed by atoms with Crippen molar-refractivity contribution in [3.63, 3.8) is 0 Å². The molecule has 4 heteroatoms. The minimum absolute atomic E-state index is 0.190. The van der Waals surface area contributed by atoms with Gasteiger partial charge in [-0.15, -0.1) is 23.2 Å². The third kappa shape index (κ3) is 3.75. The Kier molecular flexibility index (Phi) is 5.05. The van der Waals surface area contributed by atoms with Gasteiger partial charge in [-0.3, -0.25) is 4.79 Å². The van der Waals surface area contributed by atoms with E-state index >= 15 is 0 Å². The molecule has 0 fully saturated rings. The van der Waals surface area contributed by atoms with Crippen molar-refractivity contribution in [2.75, 3.05) is 0 Å². The Balaban J connectivity index is 2.17. The maximum Gasteiger partial charge on any atom is 0.251 e. The minimum atomic E-state index is -0.716. The molecule has 0 saturated carbocycles. The van der Waals surface area contributed by atoms with E-state index < -0.39 is 10.9 Å². The normalized spacial score (nSPS) is 12.2. The van der Waals surface area contributed by atoms with Gasteiger partial charge in [-0.25, -0.2) is 0 Å². The van der Waals surface area contributed by atoms with Crippen LogP contribution in [0.4, 0.5) is 0 Å². The Bertz CT molecular complexity index is 567. The van der Waals surface area contributed by atoms with Gasteiger partial charge in [0.1, 0.15) is 4.84 Å². The quantitative estimate of drug-likeness (QED) is 0.840. The molecule has 0 saturated heterocycles. The van der Waals surface area contributed by atoms with E-state index in [0.29, 0.717) is 5.56 Å². The van der Waals surface area contributed by atoms with Gasteiger partial charge in [0.15, 0.2) is 0 Å². The topological polar surface area (TPSA) is 29.1 Å². The first-order valence-electron chi connectivity index (χ1n) is 6.28. The molecule has 2 aromatic rings. The van der Waals surface area contributed by atoms with Crippen LogP contribution < -0.4 is 5.32 Å². The predicted molar refractivity (Wildman–Crippen MR) is 83.3 cm³/mol. The molecule has 0 radical (unpaired) electrons. The summed E-state index contributed by atoms with van der Waals surface area (Å²) in [4.78, 5) is 11.5. The molecule has 0 aliphatic carbocycles. The minimum Gasteiger partial charge on any atom is -0.342 e. The first kappa shape index (κ1) is 14.9. The summed E-state index contributed by atoms with van der Waals surface area (Å²) in [5, 5.41) is 2.87. The van der Waals surface area contributed by atoms with Gasteiger partial charge in [0.05, 0.1) is 6.04 Å². The highest BCUT2D eigenvalue weighted by Gasteiger charge is 2.21. The first-order chi connectivity index (χ1) is 9.58. The Hall–Kier alpha value is -1.51. The van der Waals surface area contributed by atoms with Crippen LogP contribution in [-0.2, 0) is 0 Å². The number of halogens is 2. The van der Waals surface area contributed by atoms with Crippen LogP contribution in [0.5, 0.6) is 0 Å². The summed E-state index contributed by atoms with van der Waals surface area (Å²) in [5.74, 6) is -0.190. The number of carbonyl (C=O) groups excluding carboxylic acids is 1. The second kappa shape index (κ2) is 6.78. The zero-order chi connectivity index (χ0) is 14.5. The van der Waals surface area contributed by atoms with E-state index in [2.05, 4.69) is 5.32 Å². The van der Waals surface area contributed by atoms with Gasteiger partial charge in [0.25, 0.3) is 5.91 Å². The number of hydrogen-bond donors (Lipinski definition) is 1. The van der Waals surface area contributed by atoms with E-state index in [9.17, 15) is 4.79 Å². The second-order valence-electron chi connectivity index (χ2n) is 4.56. The standard InChI is InChI=1S/C16H15Cl2NO/c1-11-7-9-13(10-8-11)16(20)19-14(15(17)18)12-5-3-2-4-6-12/h2-10,14-15H,1H3,(H,19,20). The summed E-state index contributed by atoms with van der Waals surface area (Å²) in [6.07, 6.45) is 0. The molecule has 0 aliphatic heterocycles. The fourth-order valence-electron chi connectivity index (χ4n) is 1.88. The highest BCUT2D eigenvalue weighted by molar-refractivity contribution is 6.44. The number of amides is 1. The summed E-state index contributed by atoms with van der Waals surface area (Å²) >= 11 is 12.0. The van der Waals surface area contributed by atoms with E-state index in [1.54, 1.807) is 12.1 Å². The van der Waals surface area contributed by atoms with Crippen molar-refractivity contribution >= 4 is 29.1 Å². The van der Waals surface area contributed by atoms with Crippen LogP contribution in [0.25, 0.3) is 0 Å². The fraction of sp³-hybridized carbons (Fsp3) is 0.188. The molecule has 0 heterocycles. The number of nitrogens with one attached hydrogen (secondary N) is 1. The number of carbonyl (C=O) groups is 1. The Labute approximate surface area is 128 Å². The zero-order valence-corrected chi connectivity index (χ0v) is 12.5. The summed E-state index contributed by atoms with van der Waals surface area (Å²) in [7, 11) is 0. The van der Waals surface area contributed by atoms with Crippen molar-refractivity contribution in [3.8, 4) is 0 Å². The van der Waals surface area contributed by atoms with Gasteiger partial charge < -0.3 is 5.32 Å². The molecule has 1 amide bonds. The lowest BCUT2D eigenvalue weighted by molar-refractivity contribution is 0.0939. The summed E-state index contributed by atoms with van der Waals surface area (Å²) in [5.41, 5.74) is 2.57. The van der Waals surface area contributed by atoms with Crippen LogP contribution in [0.3, 0.4) is 0 Å². The average molecular weight is 308 g/mol. The number of hydrogen-bond acceptors (Lipinski definition) is 1. The smallest absolute Gasteiger partial charge is 0.251 e. The zero-order valence-electron chi connectivity index (χ0n) is 11.0. The molecule has 104 valence electrons. The number of aryl methyl sites for hydroxylation is 1. The van der Waals surface area contributed by atoms with Gasteiger partial charge >= 0.3 is 0 Å². The second-order valence-corrected chi connectivity index (χ2v) is 5.73. The summed E-state index contributed by atoms with van der Waals surface area (Å²) < 4.78 is 0. The lowest BCUT2D eigenvalue weighted by Gasteiger charge is -2.20. The summed E-state index contributed by atoms with van der Waals surface area (Å²) in [6, 6.07) is 16.4. The molecule has 0 aliphatic rings. The molecule has 0 bridgehead atoms. The van der Waals surface area contributed by atoms with E-state index in [4.69, 9.17) is 23.2 Å². The van der Waals surface area contributed by atoms with Crippen molar-refractivity contribution in [1.29, 1.82) is 0 Å².